The zero-order valence-corrected chi connectivity index (χ0v) is 14.7. The molecule has 0 unspecified atom stereocenters. The molecule has 0 aliphatic rings. The Bertz CT molecular complexity index is 577. The molecule has 0 saturated heterocycles. The van der Waals surface area contributed by atoms with E-state index in [9.17, 15) is 14.4 Å². The Morgan fingerprint density at radius 2 is 1.84 bits per heavy atom. The van der Waals surface area contributed by atoms with Crippen LogP contribution in [0.5, 0.6) is 0 Å². The highest BCUT2D eigenvalue weighted by molar-refractivity contribution is 5.89. The minimum Gasteiger partial charge on any atom is -0.461 e. The van der Waals surface area contributed by atoms with E-state index in [2.05, 4.69) is 5.32 Å². The molecule has 5 N–H and O–H groups in total. The van der Waals surface area contributed by atoms with Gasteiger partial charge in [-0.2, -0.15) is 0 Å². The van der Waals surface area contributed by atoms with Gasteiger partial charge in [-0.3, -0.25) is 14.4 Å². The maximum Gasteiger partial charge on any atom is 0.306 e. The standard InChI is InChI=1S/C18H27N3O4/c1-3-12(2)16(19)18(24)21-14(17(20)23)9-10-15(22)25-11-13-7-5-4-6-8-13/h4-8,12,14,16H,3,9-11,19H2,1-2H3,(H2,20,23)(H,21,24)/t12-,14+,16-/m0/s1. The quantitative estimate of drug-likeness (QED) is 0.540. The molecule has 2 amide bonds. The van der Waals surface area contributed by atoms with Gasteiger partial charge >= 0.3 is 5.97 Å². The molecule has 1 rings (SSSR count). The van der Waals surface area contributed by atoms with Crippen molar-refractivity contribution < 1.29 is 19.1 Å². The van der Waals surface area contributed by atoms with Crippen LogP contribution in [0, 0.1) is 5.92 Å². The number of benzene rings is 1. The lowest BCUT2D eigenvalue weighted by molar-refractivity contribution is -0.145. The first-order valence-corrected chi connectivity index (χ1v) is 8.40. The van der Waals surface area contributed by atoms with Gasteiger partial charge in [-0.05, 0) is 17.9 Å². The van der Waals surface area contributed by atoms with Gasteiger partial charge < -0.3 is 21.5 Å². The maximum atomic E-state index is 12.1. The zero-order valence-electron chi connectivity index (χ0n) is 14.7. The van der Waals surface area contributed by atoms with E-state index in [4.69, 9.17) is 16.2 Å². The van der Waals surface area contributed by atoms with Crippen LogP contribution in [-0.4, -0.2) is 29.9 Å². The number of carbonyl (C=O) groups excluding carboxylic acids is 3. The molecule has 0 saturated carbocycles. The molecule has 3 atom stereocenters. The molecule has 0 fully saturated rings. The van der Waals surface area contributed by atoms with Crippen molar-refractivity contribution in [3.8, 4) is 0 Å². The largest absolute Gasteiger partial charge is 0.461 e. The molecule has 0 bridgehead atoms. The molecule has 1 aromatic carbocycles. The highest BCUT2D eigenvalue weighted by Gasteiger charge is 2.25. The second-order valence-corrected chi connectivity index (χ2v) is 6.06. The number of esters is 1. The Hall–Kier alpha value is -2.41. The first-order chi connectivity index (χ1) is 11.8. The lowest BCUT2D eigenvalue weighted by Gasteiger charge is -2.21. The van der Waals surface area contributed by atoms with Crippen molar-refractivity contribution >= 4 is 17.8 Å². The Balaban J connectivity index is 2.45. The number of hydrogen-bond acceptors (Lipinski definition) is 5. The molecule has 0 aliphatic carbocycles. The summed E-state index contributed by atoms with van der Waals surface area (Å²) in [7, 11) is 0. The predicted molar refractivity (Wildman–Crippen MR) is 94.0 cm³/mol. The summed E-state index contributed by atoms with van der Waals surface area (Å²) in [4.78, 5) is 35.4. The SMILES string of the molecule is CC[C@H](C)[C@H](N)C(=O)N[C@H](CCC(=O)OCc1ccccc1)C(N)=O. The second-order valence-electron chi connectivity index (χ2n) is 6.06. The average molecular weight is 349 g/mol. The van der Waals surface area contributed by atoms with Gasteiger partial charge in [0.05, 0.1) is 6.04 Å². The molecular weight excluding hydrogens is 322 g/mol. The molecule has 0 heterocycles. The van der Waals surface area contributed by atoms with Crippen molar-refractivity contribution in [3.05, 3.63) is 35.9 Å². The molecule has 0 spiro atoms. The van der Waals surface area contributed by atoms with Crippen molar-refractivity contribution in [2.75, 3.05) is 0 Å². The molecule has 7 nitrogen and oxygen atoms in total. The summed E-state index contributed by atoms with van der Waals surface area (Å²) in [5, 5.41) is 2.51. The third-order valence-corrected chi connectivity index (χ3v) is 4.10. The predicted octanol–water partition coefficient (Wildman–Crippen LogP) is 0.854. The van der Waals surface area contributed by atoms with Gasteiger partial charge in [0, 0.05) is 6.42 Å². The van der Waals surface area contributed by atoms with Crippen LogP contribution in [0.25, 0.3) is 0 Å². The molecule has 138 valence electrons. The molecule has 0 aromatic heterocycles. The lowest BCUT2D eigenvalue weighted by Crippen LogP contribution is -2.52. The van der Waals surface area contributed by atoms with Gasteiger partial charge in [-0.25, -0.2) is 0 Å². The van der Waals surface area contributed by atoms with Crippen LogP contribution in [-0.2, 0) is 25.7 Å². The van der Waals surface area contributed by atoms with Gasteiger partial charge in [0.2, 0.25) is 11.8 Å². The number of nitrogens with one attached hydrogen (secondary N) is 1. The van der Waals surface area contributed by atoms with Gasteiger partial charge in [0.15, 0.2) is 0 Å². The van der Waals surface area contributed by atoms with Gasteiger partial charge in [0.1, 0.15) is 12.6 Å². The first kappa shape index (κ1) is 20.6. The molecule has 1 aromatic rings. The fraction of sp³-hybridized carbons (Fsp3) is 0.500. The van der Waals surface area contributed by atoms with Crippen molar-refractivity contribution in [2.24, 2.45) is 17.4 Å². The minimum atomic E-state index is -0.952. The zero-order chi connectivity index (χ0) is 18.8. The number of primary amides is 1. The fourth-order valence-corrected chi connectivity index (χ4v) is 2.14. The highest BCUT2D eigenvalue weighted by atomic mass is 16.5. The summed E-state index contributed by atoms with van der Waals surface area (Å²) in [6, 6.07) is 7.58. The summed E-state index contributed by atoms with van der Waals surface area (Å²) < 4.78 is 5.14. The van der Waals surface area contributed by atoms with Crippen LogP contribution in [0.1, 0.15) is 38.7 Å². The van der Waals surface area contributed by atoms with E-state index >= 15 is 0 Å². The van der Waals surface area contributed by atoms with E-state index in [1.54, 1.807) is 0 Å². The number of rotatable bonds is 10. The topological polar surface area (TPSA) is 125 Å². The Labute approximate surface area is 148 Å². The third-order valence-electron chi connectivity index (χ3n) is 4.10. The van der Waals surface area contributed by atoms with Crippen LogP contribution in [0.3, 0.4) is 0 Å². The maximum absolute atomic E-state index is 12.1. The number of amides is 2. The van der Waals surface area contributed by atoms with Gasteiger partial charge in [-0.15, -0.1) is 0 Å². The van der Waals surface area contributed by atoms with Crippen LogP contribution >= 0.6 is 0 Å². The monoisotopic (exact) mass is 349 g/mol. The molecule has 0 radical (unpaired) electrons. The smallest absolute Gasteiger partial charge is 0.306 e. The van der Waals surface area contributed by atoms with E-state index in [0.29, 0.717) is 0 Å². The molecule has 0 aliphatic heterocycles. The van der Waals surface area contributed by atoms with Crippen LogP contribution in [0.15, 0.2) is 30.3 Å². The summed E-state index contributed by atoms with van der Waals surface area (Å²) in [6.07, 6.45) is 0.781. The molecule has 7 heteroatoms. The van der Waals surface area contributed by atoms with Gasteiger partial charge in [0.25, 0.3) is 0 Å². The second kappa shape index (κ2) is 10.5. The Morgan fingerprint density at radius 1 is 1.20 bits per heavy atom. The van der Waals surface area contributed by atoms with E-state index < -0.39 is 29.9 Å². The fourth-order valence-electron chi connectivity index (χ4n) is 2.14. The number of carbonyl (C=O) groups is 3. The lowest BCUT2D eigenvalue weighted by atomic mass is 9.99. The summed E-state index contributed by atoms with van der Waals surface area (Å²) in [6.45, 7) is 3.93. The van der Waals surface area contributed by atoms with Crippen LogP contribution in [0.2, 0.25) is 0 Å². The Morgan fingerprint density at radius 3 is 2.40 bits per heavy atom. The number of hydrogen-bond donors (Lipinski definition) is 3. The summed E-state index contributed by atoms with van der Waals surface area (Å²) >= 11 is 0. The summed E-state index contributed by atoms with van der Waals surface area (Å²) in [5.41, 5.74) is 12.0. The highest BCUT2D eigenvalue weighted by Crippen LogP contribution is 2.08. The third kappa shape index (κ3) is 7.34. The minimum absolute atomic E-state index is 0.0237. The van der Waals surface area contributed by atoms with Crippen molar-refractivity contribution in [3.63, 3.8) is 0 Å². The van der Waals surface area contributed by atoms with Gasteiger partial charge in [-0.1, -0.05) is 50.6 Å². The normalized spacial score (nSPS) is 14.2. The number of nitrogens with two attached hydrogens (primary N) is 2. The molecular formula is C18H27N3O4. The summed E-state index contributed by atoms with van der Waals surface area (Å²) in [5.74, 6) is -1.64. The van der Waals surface area contributed by atoms with Crippen molar-refractivity contribution in [1.29, 1.82) is 0 Å². The Kier molecular flexibility index (Phi) is 8.63. The molecule has 25 heavy (non-hydrogen) atoms. The van der Waals surface area contributed by atoms with Crippen molar-refractivity contribution in [2.45, 2.75) is 51.8 Å². The first-order valence-electron chi connectivity index (χ1n) is 8.40. The van der Waals surface area contributed by atoms with Crippen molar-refractivity contribution in [1.82, 2.24) is 5.32 Å². The average Bonchev–Trinajstić information content (AvgIpc) is 2.62. The van der Waals surface area contributed by atoms with E-state index in [1.165, 1.54) is 0 Å². The van der Waals surface area contributed by atoms with E-state index in [1.807, 2.05) is 44.2 Å². The number of ether oxygens (including phenoxy) is 1. The van der Waals surface area contributed by atoms with E-state index in [0.717, 1.165) is 12.0 Å². The van der Waals surface area contributed by atoms with E-state index in [-0.39, 0.29) is 25.4 Å². The van der Waals surface area contributed by atoms with Crippen LogP contribution < -0.4 is 16.8 Å². The van der Waals surface area contributed by atoms with Crippen LogP contribution in [0.4, 0.5) is 0 Å².